The second-order valence-corrected chi connectivity index (χ2v) is 4.43. The molecule has 0 bridgehead atoms. The van der Waals surface area contributed by atoms with E-state index in [9.17, 15) is 4.79 Å². The number of aliphatic hydroxyl groups excluding tert-OH is 1. The van der Waals surface area contributed by atoms with E-state index in [1.165, 1.54) is 0 Å². The highest BCUT2D eigenvalue weighted by atomic mass is 16.3. The largest absolute Gasteiger partial charge is 0.395 e. The molecule has 1 aromatic carbocycles. The fraction of sp³-hybridized carbons (Fsp3) is 0.462. The first kappa shape index (κ1) is 12.9. The average molecular weight is 249 g/mol. The Morgan fingerprint density at radius 2 is 1.89 bits per heavy atom. The fourth-order valence-corrected chi connectivity index (χ4v) is 2.31. The van der Waals surface area contributed by atoms with E-state index in [2.05, 4.69) is 9.80 Å². The van der Waals surface area contributed by atoms with E-state index in [4.69, 9.17) is 10.8 Å². The number of β-amino-alcohol motifs (C(OH)–C–C–N with tert-alkyl or cyclic N) is 1. The highest BCUT2D eigenvalue weighted by molar-refractivity contribution is 5.98. The maximum absolute atomic E-state index is 11.4. The molecular weight excluding hydrogens is 230 g/mol. The zero-order valence-corrected chi connectivity index (χ0v) is 10.4. The number of amides is 1. The number of nitrogens with zero attached hydrogens (tertiary/aromatic N) is 2. The number of rotatable bonds is 4. The summed E-state index contributed by atoms with van der Waals surface area (Å²) >= 11 is 0. The molecule has 1 amide bonds. The van der Waals surface area contributed by atoms with Gasteiger partial charge in [0.05, 0.1) is 12.2 Å². The quantitative estimate of drug-likeness (QED) is 0.782. The van der Waals surface area contributed by atoms with Crippen LogP contribution >= 0.6 is 0 Å². The molecule has 0 aliphatic carbocycles. The van der Waals surface area contributed by atoms with Crippen LogP contribution in [0.25, 0.3) is 0 Å². The van der Waals surface area contributed by atoms with Crippen LogP contribution in [0.1, 0.15) is 10.4 Å². The van der Waals surface area contributed by atoms with E-state index in [1.54, 1.807) is 6.07 Å². The van der Waals surface area contributed by atoms with Gasteiger partial charge in [0.15, 0.2) is 0 Å². The average Bonchev–Trinajstić information content (AvgIpc) is 2.40. The predicted octanol–water partition coefficient (Wildman–Crippen LogP) is -0.100. The van der Waals surface area contributed by atoms with Gasteiger partial charge in [0.2, 0.25) is 0 Å². The van der Waals surface area contributed by atoms with Gasteiger partial charge >= 0.3 is 0 Å². The number of para-hydroxylation sites is 1. The van der Waals surface area contributed by atoms with Crippen LogP contribution in [0.3, 0.4) is 0 Å². The summed E-state index contributed by atoms with van der Waals surface area (Å²) < 4.78 is 0. The van der Waals surface area contributed by atoms with Crippen molar-refractivity contribution in [1.29, 1.82) is 0 Å². The smallest absolute Gasteiger partial charge is 0.250 e. The van der Waals surface area contributed by atoms with Crippen LogP contribution in [0.15, 0.2) is 24.3 Å². The number of hydrogen-bond acceptors (Lipinski definition) is 4. The second-order valence-electron chi connectivity index (χ2n) is 4.43. The van der Waals surface area contributed by atoms with Crippen molar-refractivity contribution >= 4 is 11.6 Å². The molecule has 0 spiro atoms. The van der Waals surface area contributed by atoms with Crippen molar-refractivity contribution in [3.8, 4) is 0 Å². The van der Waals surface area contributed by atoms with E-state index in [0.717, 1.165) is 31.9 Å². The summed E-state index contributed by atoms with van der Waals surface area (Å²) in [5.74, 6) is -0.386. The molecule has 0 aromatic heterocycles. The van der Waals surface area contributed by atoms with Crippen molar-refractivity contribution < 1.29 is 9.90 Å². The van der Waals surface area contributed by atoms with Crippen LogP contribution < -0.4 is 10.6 Å². The first-order chi connectivity index (χ1) is 8.72. The lowest BCUT2D eigenvalue weighted by molar-refractivity contribution is 0.100. The molecule has 5 heteroatoms. The highest BCUT2D eigenvalue weighted by Gasteiger charge is 2.19. The van der Waals surface area contributed by atoms with E-state index >= 15 is 0 Å². The number of benzene rings is 1. The van der Waals surface area contributed by atoms with Crippen molar-refractivity contribution in [3.05, 3.63) is 29.8 Å². The van der Waals surface area contributed by atoms with Gasteiger partial charge in [0, 0.05) is 38.4 Å². The van der Waals surface area contributed by atoms with Gasteiger partial charge in [-0.2, -0.15) is 0 Å². The first-order valence-electron chi connectivity index (χ1n) is 6.19. The fourth-order valence-electron chi connectivity index (χ4n) is 2.31. The Morgan fingerprint density at radius 1 is 1.22 bits per heavy atom. The van der Waals surface area contributed by atoms with Gasteiger partial charge in [-0.1, -0.05) is 12.1 Å². The van der Waals surface area contributed by atoms with E-state index in [0.29, 0.717) is 12.1 Å². The Bertz CT molecular complexity index is 414. The molecule has 0 radical (unpaired) electrons. The molecule has 18 heavy (non-hydrogen) atoms. The summed E-state index contributed by atoms with van der Waals surface area (Å²) in [5, 5.41) is 8.90. The van der Waals surface area contributed by atoms with Crippen LogP contribution in [0, 0.1) is 0 Å². The zero-order chi connectivity index (χ0) is 13.0. The lowest BCUT2D eigenvalue weighted by atomic mass is 10.1. The Kier molecular flexibility index (Phi) is 4.17. The minimum Gasteiger partial charge on any atom is -0.395 e. The molecule has 0 atom stereocenters. The summed E-state index contributed by atoms with van der Waals surface area (Å²) in [4.78, 5) is 15.8. The molecule has 98 valence electrons. The third-order valence-corrected chi connectivity index (χ3v) is 3.30. The molecule has 3 N–H and O–H groups in total. The molecule has 0 saturated carbocycles. The zero-order valence-electron chi connectivity index (χ0n) is 10.4. The second kappa shape index (κ2) is 5.84. The molecule has 2 rings (SSSR count). The standard InChI is InChI=1S/C13H19N3O2/c14-13(18)11-3-1-2-4-12(11)16-7-5-15(6-8-16)9-10-17/h1-4,17H,5-10H2,(H2,14,18). The third kappa shape index (κ3) is 2.80. The first-order valence-corrected chi connectivity index (χ1v) is 6.19. The molecule has 0 unspecified atom stereocenters. The number of anilines is 1. The molecule has 1 fully saturated rings. The van der Waals surface area contributed by atoms with Crippen molar-refractivity contribution in [1.82, 2.24) is 4.90 Å². The molecule has 1 aliphatic heterocycles. The van der Waals surface area contributed by atoms with Crippen molar-refractivity contribution in [2.75, 3.05) is 44.2 Å². The Hall–Kier alpha value is -1.59. The van der Waals surface area contributed by atoms with Gasteiger partial charge in [-0.3, -0.25) is 9.69 Å². The van der Waals surface area contributed by atoms with Gasteiger partial charge in [0.25, 0.3) is 5.91 Å². The van der Waals surface area contributed by atoms with Crippen molar-refractivity contribution in [3.63, 3.8) is 0 Å². The number of carbonyl (C=O) groups is 1. The van der Waals surface area contributed by atoms with Gasteiger partial charge in [0.1, 0.15) is 0 Å². The van der Waals surface area contributed by atoms with E-state index < -0.39 is 0 Å². The maximum Gasteiger partial charge on any atom is 0.250 e. The van der Waals surface area contributed by atoms with Crippen molar-refractivity contribution in [2.24, 2.45) is 5.73 Å². The van der Waals surface area contributed by atoms with Crippen LogP contribution in [0.4, 0.5) is 5.69 Å². The van der Waals surface area contributed by atoms with Crippen LogP contribution in [0.5, 0.6) is 0 Å². The highest BCUT2D eigenvalue weighted by Crippen LogP contribution is 2.21. The van der Waals surface area contributed by atoms with Crippen LogP contribution in [-0.4, -0.2) is 55.2 Å². The van der Waals surface area contributed by atoms with Gasteiger partial charge in [-0.25, -0.2) is 0 Å². The van der Waals surface area contributed by atoms with Gasteiger partial charge in [-0.05, 0) is 12.1 Å². The number of nitrogens with two attached hydrogens (primary N) is 1. The monoisotopic (exact) mass is 249 g/mol. The van der Waals surface area contributed by atoms with Gasteiger partial charge in [-0.15, -0.1) is 0 Å². The Balaban J connectivity index is 2.07. The SMILES string of the molecule is NC(=O)c1ccccc1N1CCN(CCO)CC1. The molecule has 1 aliphatic rings. The van der Waals surface area contributed by atoms with Crippen molar-refractivity contribution in [2.45, 2.75) is 0 Å². The number of piperazine rings is 1. The summed E-state index contributed by atoms with van der Waals surface area (Å²) in [6.07, 6.45) is 0. The van der Waals surface area contributed by atoms with E-state index in [1.807, 2.05) is 18.2 Å². The molecule has 1 aromatic rings. The van der Waals surface area contributed by atoms with Crippen LogP contribution in [-0.2, 0) is 0 Å². The summed E-state index contributed by atoms with van der Waals surface area (Å²) in [6, 6.07) is 7.44. The molecular formula is C13H19N3O2. The van der Waals surface area contributed by atoms with E-state index in [-0.39, 0.29) is 12.5 Å². The predicted molar refractivity (Wildman–Crippen MR) is 70.7 cm³/mol. The van der Waals surface area contributed by atoms with Gasteiger partial charge < -0.3 is 15.7 Å². The minimum atomic E-state index is -0.386. The summed E-state index contributed by atoms with van der Waals surface area (Å²) in [5.41, 5.74) is 6.87. The number of aliphatic hydroxyl groups is 1. The maximum atomic E-state index is 11.4. The van der Waals surface area contributed by atoms with Crippen LogP contribution in [0.2, 0.25) is 0 Å². The Labute approximate surface area is 107 Å². The molecule has 1 heterocycles. The normalized spacial score (nSPS) is 16.8. The Morgan fingerprint density at radius 3 is 2.50 bits per heavy atom. The lowest BCUT2D eigenvalue weighted by Gasteiger charge is -2.36. The minimum absolute atomic E-state index is 0.192. The third-order valence-electron chi connectivity index (χ3n) is 3.30. The summed E-state index contributed by atoms with van der Waals surface area (Å²) in [7, 11) is 0. The lowest BCUT2D eigenvalue weighted by Crippen LogP contribution is -2.47. The number of primary amides is 1. The molecule has 1 saturated heterocycles. The topological polar surface area (TPSA) is 69.8 Å². The summed E-state index contributed by atoms with van der Waals surface area (Å²) in [6.45, 7) is 4.40. The molecule has 5 nitrogen and oxygen atoms in total. The number of hydrogen-bond donors (Lipinski definition) is 2. The number of carbonyl (C=O) groups excluding carboxylic acids is 1.